The molecular weight excluding hydrogens is 325 g/mol. The van der Waals surface area contributed by atoms with Crippen molar-refractivity contribution in [2.75, 3.05) is 5.32 Å². The molecule has 0 saturated heterocycles. The van der Waals surface area contributed by atoms with Gasteiger partial charge in [0, 0.05) is 18.9 Å². The number of thiazole rings is 1. The van der Waals surface area contributed by atoms with Crippen molar-refractivity contribution < 1.29 is 13.2 Å². The summed E-state index contributed by atoms with van der Waals surface area (Å²) < 4.78 is 39.4. The van der Waals surface area contributed by atoms with Crippen LogP contribution in [0.25, 0.3) is 0 Å². The molecule has 1 N–H and O–H groups in total. The first-order valence-electron chi connectivity index (χ1n) is 6.83. The van der Waals surface area contributed by atoms with Crippen molar-refractivity contribution in [3.63, 3.8) is 0 Å². The van der Waals surface area contributed by atoms with Gasteiger partial charge in [0.2, 0.25) is 0 Å². The Morgan fingerprint density at radius 3 is 2.70 bits per heavy atom. The highest BCUT2D eigenvalue weighted by Crippen LogP contribution is 2.35. The standard InChI is InChI=1S/C15H13F3N4S/c16-15(17,18)13-9-20-14(23-13)19-8-11-3-1-4-12(7-11)10-22-6-2-5-21-22/h1-7,9H,8,10H2,(H,19,20). The minimum atomic E-state index is -4.35. The third kappa shape index (κ3) is 4.10. The van der Waals surface area contributed by atoms with Crippen LogP contribution in [0.15, 0.2) is 48.9 Å². The molecule has 0 aliphatic carbocycles. The first-order valence-corrected chi connectivity index (χ1v) is 7.64. The second kappa shape index (κ2) is 6.41. The Balaban J connectivity index is 1.63. The second-order valence-corrected chi connectivity index (χ2v) is 5.94. The molecule has 8 heteroatoms. The van der Waals surface area contributed by atoms with E-state index in [4.69, 9.17) is 0 Å². The number of anilines is 1. The van der Waals surface area contributed by atoms with Crippen molar-refractivity contribution in [2.24, 2.45) is 0 Å². The van der Waals surface area contributed by atoms with Gasteiger partial charge in [-0.15, -0.1) is 0 Å². The van der Waals surface area contributed by atoms with Crippen LogP contribution in [0.3, 0.4) is 0 Å². The Hall–Kier alpha value is -2.35. The Labute approximate surface area is 134 Å². The van der Waals surface area contributed by atoms with Gasteiger partial charge in [0.1, 0.15) is 4.88 Å². The Morgan fingerprint density at radius 1 is 1.17 bits per heavy atom. The van der Waals surface area contributed by atoms with Gasteiger partial charge in [0.25, 0.3) is 0 Å². The minimum Gasteiger partial charge on any atom is -0.357 e. The number of nitrogens with zero attached hydrogens (tertiary/aromatic N) is 3. The fourth-order valence-electron chi connectivity index (χ4n) is 2.08. The molecule has 1 aromatic carbocycles. The molecule has 0 aliphatic rings. The first-order chi connectivity index (χ1) is 11.0. The molecule has 2 heterocycles. The first kappa shape index (κ1) is 15.5. The van der Waals surface area contributed by atoms with Gasteiger partial charge in [-0.2, -0.15) is 18.3 Å². The molecule has 3 aromatic rings. The van der Waals surface area contributed by atoms with Gasteiger partial charge in [0.05, 0.1) is 12.7 Å². The molecule has 0 unspecified atom stereocenters. The lowest BCUT2D eigenvalue weighted by molar-refractivity contribution is -0.134. The number of aromatic nitrogens is 3. The number of hydrogen-bond donors (Lipinski definition) is 1. The largest absolute Gasteiger partial charge is 0.427 e. The zero-order valence-corrected chi connectivity index (χ0v) is 12.7. The van der Waals surface area contributed by atoms with Gasteiger partial charge < -0.3 is 5.32 Å². The van der Waals surface area contributed by atoms with Crippen molar-refractivity contribution in [3.8, 4) is 0 Å². The van der Waals surface area contributed by atoms with Crippen molar-refractivity contribution in [2.45, 2.75) is 19.3 Å². The molecule has 2 aromatic heterocycles. The Morgan fingerprint density at radius 2 is 2.00 bits per heavy atom. The third-order valence-electron chi connectivity index (χ3n) is 3.12. The molecule has 120 valence electrons. The van der Waals surface area contributed by atoms with Crippen molar-refractivity contribution in [3.05, 3.63) is 64.9 Å². The molecule has 0 saturated carbocycles. The highest BCUT2D eigenvalue weighted by molar-refractivity contribution is 7.15. The van der Waals surface area contributed by atoms with E-state index in [0.717, 1.165) is 17.3 Å². The van der Waals surface area contributed by atoms with Crippen molar-refractivity contribution >= 4 is 16.5 Å². The molecule has 0 aliphatic heterocycles. The molecule has 0 amide bonds. The van der Waals surface area contributed by atoms with Gasteiger partial charge in [0.15, 0.2) is 5.13 Å². The molecule has 4 nitrogen and oxygen atoms in total. The fourth-order valence-corrected chi connectivity index (χ4v) is 2.76. The average molecular weight is 338 g/mol. The van der Waals surface area contributed by atoms with Gasteiger partial charge in [-0.25, -0.2) is 4.98 Å². The predicted octanol–water partition coefficient (Wildman–Crippen LogP) is 4.02. The number of nitrogens with one attached hydrogen (secondary N) is 1. The summed E-state index contributed by atoms with van der Waals surface area (Å²) in [5, 5.41) is 7.33. The van der Waals surface area contributed by atoms with E-state index in [1.54, 1.807) is 6.20 Å². The summed E-state index contributed by atoms with van der Waals surface area (Å²) in [4.78, 5) is 3.05. The number of benzene rings is 1. The normalized spacial score (nSPS) is 11.6. The highest BCUT2D eigenvalue weighted by atomic mass is 32.1. The van der Waals surface area contributed by atoms with Crippen LogP contribution in [0.5, 0.6) is 0 Å². The van der Waals surface area contributed by atoms with E-state index in [-0.39, 0.29) is 5.13 Å². The minimum absolute atomic E-state index is 0.259. The molecule has 0 atom stereocenters. The van der Waals surface area contributed by atoms with Crippen LogP contribution in [0, 0.1) is 0 Å². The van der Waals surface area contributed by atoms with Crippen molar-refractivity contribution in [1.82, 2.24) is 14.8 Å². The predicted molar refractivity (Wildman–Crippen MR) is 82.2 cm³/mol. The topological polar surface area (TPSA) is 42.7 Å². The van der Waals surface area contributed by atoms with Gasteiger partial charge >= 0.3 is 6.18 Å². The summed E-state index contributed by atoms with van der Waals surface area (Å²) in [7, 11) is 0. The number of halogens is 3. The van der Waals surface area contributed by atoms with E-state index in [9.17, 15) is 13.2 Å². The van der Waals surface area contributed by atoms with Crippen molar-refractivity contribution in [1.29, 1.82) is 0 Å². The Bertz CT molecular complexity index is 765. The zero-order chi connectivity index (χ0) is 16.3. The maximum atomic E-state index is 12.5. The third-order valence-corrected chi connectivity index (χ3v) is 4.12. The maximum Gasteiger partial charge on any atom is 0.427 e. The van der Waals surface area contributed by atoms with Crippen LogP contribution in [0.1, 0.15) is 16.0 Å². The fraction of sp³-hybridized carbons (Fsp3) is 0.200. The van der Waals surface area contributed by atoms with E-state index in [0.29, 0.717) is 24.4 Å². The van der Waals surface area contributed by atoms with E-state index in [2.05, 4.69) is 15.4 Å². The van der Waals surface area contributed by atoms with E-state index < -0.39 is 11.1 Å². The van der Waals surface area contributed by atoms with E-state index in [1.807, 2.05) is 41.2 Å². The quantitative estimate of drug-likeness (QED) is 0.764. The Kier molecular flexibility index (Phi) is 4.33. The monoisotopic (exact) mass is 338 g/mol. The van der Waals surface area contributed by atoms with Crippen LogP contribution in [0.2, 0.25) is 0 Å². The summed E-state index contributed by atoms with van der Waals surface area (Å²) in [6, 6.07) is 9.66. The summed E-state index contributed by atoms with van der Waals surface area (Å²) in [6.07, 6.45) is 0.0909. The molecule has 0 spiro atoms. The van der Waals surface area contributed by atoms with Gasteiger partial charge in [-0.3, -0.25) is 4.68 Å². The maximum absolute atomic E-state index is 12.5. The van der Waals surface area contributed by atoms with E-state index in [1.165, 1.54) is 0 Å². The summed E-state index contributed by atoms with van der Waals surface area (Å²) in [6.45, 7) is 1.06. The summed E-state index contributed by atoms with van der Waals surface area (Å²) in [5.41, 5.74) is 2.04. The number of alkyl halides is 3. The molecular formula is C15H13F3N4S. The van der Waals surface area contributed by atoms with Gasteiger partial charge in [-0.1, -0.05) is 35.6 Å². The van der Waals surface area contributed by atoms with Gasteiger partial charge in [-0.05, 0) is 17.2 Å². The zero-order valence-electron chi connectivity index (χ0n) is 11.9. The molecule has 0 fully saturated rings. The lowest BCUT2D eigenvalue weighted by Crippen LogP contribution is -2.03. The van der Waals surface area contributed by atoms with Crippen LogP contribution >= 0.6 is 11.3 Å². The lowest BCUT2D eigenvalue weighted by atomic mass is 10.1. The SMILES string of the molecule is FC(F)(F)c1cnc(NCc2cccc(Cn3cccn3)c2)s1. The number of hydrogen-bond acceptors (Lipinski definition) is 4. The second-order valence-electron chi connectivity index (χ2n) is 4.90. The summed E-state index contributed by atoms with van der Waals surface area (Å²) in [5.74, 6) is 0. The van der Waals surface area contributed by atoms with Crippen LogP contribution in [0.4, 0.5) is 18.3 Å². The van der Waals surface area contributed by atoms with Crippen LogP contribution in [-0.2, 0) is 19.3 Å². The highest BCUT2D eigenvalue weighted by Gasteiger charge is 2.33. The molecule has 23 heavy (non-hydrogen) atoms. The van der Waals surface area contributed by atoms with Crippen LogP contribution in [-0.4, -0.2) is 14.8 Å². The lowest BCUT2D eigenvalue weighted by Gasteiger charge is -2.07. The van der Waals surface area contributed by atoms with E-state index >= 15 is 0 Å². The smallest absolute Gasteiger partial charge is 0.357 e. The van der Waals surface area contributed by atoms with Crippen LogP contribution < -0.4 is 5.32 Å². The molecule has 3 rings (SSSR count). The molecule has 0 bridgehead atoms. The molecule has 0 radical (unpaired) electrons. The number of rotatable bonds is 5. The summed E-state index contributed by atoms with van der Waals surface area (Å²) >= 11 is 0.606. The average Bonchev–Trinajstić information content (AvgIpc) is 3.16.